The van der Waals surface area contributed by atoms with E-state index in [1.165, 1.54) is 0 Å². The first-order valence-electron chi connectivity index (χ1n) is 7.05. The Bertz CT molecular complexity index is 608. The van der Waals surface area contributed by atoms with Gasteiger partial charge in [-0.05, 0) is 37.4 Å². The molecule has 0 spiro atoms. The fourth-order valence-electron chi connectivity index (χ4n) is 2.69. The molecule has 1 fully saturated rings. The SMILES string of the molecule is CC1CCCNC1C(=O)NCc1nnc2ccccn12. The van der Waals surface area contributed by atoms with Crippen LogP contribution in [-0.2, 0) is 11.3 Å². The third kappa shape index (κ3) is 2.51. The Morgan fingerprint density at radius 3 is 3.25 bits per heavy atom. The van der Waals surface area contributed by atoms with Crippen molar-refractivity contribution in [3.63, 3.8) is 0 Å². The molecule has 6 heteroatoms. The molecule has 0 bridgehead atoms. The van der Waals surface area contributed by atoms with Crippen molar-refractivity contribution in [3.05, 3.63) is 30.2 Å². The van der Waals surface area contributed by atoms with E-state index in [-0.39, 0.29) is 11.9 Å². The van der Waals surface area contributed by atoms with E-state index in [9.17, 15) is 4.79 Å². The molecule has 2 aromatic heterocycles. The smallest absolute Gasteiger partial charge is 0.237 e. The fourth-order valence-corrected chi connectivity index (χ4v) is 2.69. The molecule has 2 N–H and O–H groups in total. The number of fused-ring (bicyclic) bond motifs is 1. The molecule has 0 aliphatic carbocycles. The maximum Gasteiger partial charge on any atom is 0.237 e. The first-order valence-corrected chi connectivity index (χ1v) is 7.05. The van der Waals surface area contributed by atoms with E-state index in [0.717, 1.165) is 30.9 Å². The van der Waals surface area contributed by atoms with Gasteiger partial charge in [-0.3, -0.25) is 9.20 Å². The Morgan fingerprint density at radius 2 is 2.40 bits per heavy atom. The predicted octanol–water partition coefficient (Wildman–Crippen LogP) is 0.734. The van der Waals surface area contributed by atoms with Crippen molar-refractivity contribution < 1.29 is 4.79 Å². The number of rotatable bonds is 3. The van der Waals surface area contributed by atoms with E-state index in [2.05, 4.69) is 27.8 Å². The summed E-state index contributed by atoms with van der Waals surface area (Å²) in [5.74, 6) is 1.17. The molecule has 2 unspecified atom stereocenters. The highest BCUT2D eigenvalue weighted by molar-refractivity contribution is 5.82. The van der Waals surface area contributed by atoms with Crippen molar-refractivity contribution >= 4 is 11.6 Å². The lowest BCUT2D eigenvalue weighted by Gasteiger charge is -2.28. The number of carbonyl (C=O) groups excluding carboxylic acids is 1. The van der Waals surface area contributed by atoms with Crippen molar-refractivity contribution in [2.75, 3.05) is 6.54 Å². The number of pyridine rings is 1. The van der Waals surface area contributed by atoms with Crippen LogP contribution >= 0.6 is 0 Å². The van der Waals surface area contributed by atoms with Crippen LogP contribution in [0.2, 0.25) is 0 Å². The normalized spacial score (nSPS) is 22.9. The van der Waals surface area contributed by atoms with E-state index >= 15 is 0 Å². The van der Waals surface area contributed by atoms with Crippen LogP contribution < -0.4 is 10.6 Å². The molecule has 1 amide bonds. The number of nitrogens with zero attached hydrogens (tertiary/aromatic N) is 3. The lowest BCUT2D eigenvalue weighted by molar-refractivity contribution is -0.125. The Kier molecular flexibility index (Phi) is 3.64. The quantitative estimate of drug-likeness (QED) is 0.865. The molecule has 3 rings (SSSR count). The zero-order chi connectivity index (χ0) is 13.9. The summed E-state index contributed by atoms with van der Waals surface area (Å²) in [5.41, 5.74) is 0.793. The molecule has 1 aliphatic rings. The molecular formula is C14H19N5O. The molecule has 2 atom stereocenters. The van der Waals surface area contributed by atoms with Gasteiger partial charge in [-0.1, -0.05) is 13.0 Å². The summed E-state index contributed by atoms with van der Waals surface area (Å²) in [4.78, 5) is 12.2. The van der Waals surface area contributed by atoms with Gasteiger partial charge in [0.15, 0.2) is 11.5 Å². The van der Waals surface area contributed by atoms with Gasteiger partial charge in [0.25, 0.3) is 0 Å². The van der Waals surface area contributed by atoms with Gasteiger partial charge < -0.3 is 10.6 Å². The van der Waals surface area contributed by atoms with Crippen LogP contribution in [0.4, 0.5) is 0 Å². The van der Waals surface area contributed by atoms with Crippen LogP contribution in [-0.4, -0.2) is 33.1 Å². The second-order valence-electron chi connectivity index (χ2n) is 5.31. The Balaban J connectivity index is 1.65. The highest BCUT2D eigenvalue weighted by atomic mass is 16.2. The minimum absolute atomic E-state index is 0.0462. The third-order valence-electron chi connectivity index (χ3n) is 3.86. The summed E-state index contributed by atoms with van der Waals surface area (Å²) in [6.07, 6.45) is 4.14. The van der Waals surface area contributed by atoms with E-state index < -0.39 is 0 Å². The van der Waals surface area contributed by atoms with Crippen molar-refractivity contribution in [2.24, 2.45) is 5.92 Å². The van der Waals surface area contributed by atoms with Gasteiger partial charge in [0, 0.05) is 6.20 Å². The predicted molar refractivity (Wildman–Crippen MR) is 75.0 cm³/mol. The van der Waals surface area contributed by atoms with Gasteiger partial charge in [0.2, 0.25) is 5.91 Å². The summed E-state index contributed by atoms with van der Waals surface area (Å²) in [5, 5.41) is 14.4. The van der Waals surface area contributed by atoms with E-state index in [1.807, 2.05) is 28.8 Å². The van der Waals surface area contributed by atoms with Crippen LogP contribution in [0.5, 0.6) is 0 Å². The highest BCUT2D eigenvalue weighted by Gasteiger charge is 2.27. The lowest BCUT2D eigenvalue weighted by atomic mass is 9.92. The second kappa shape index (κ2) is 5.58. The standard InChI is InChI=1S/C14H19N5O/c1-10-5-4-7-15-13(10)14(20)16-9-12-18-17-11-6-2-3-8-19(11)12/h2-3,6,8,10,13,15H,4-5,7,9H2,1H3,(H,16,20). The van der Waals surface area contributed by atoms with E-state index in [1.54, 1.807) is 0 Å². The number of hydrogen-bond donors (Lipinski definition) is 2. The summed E-state index contributed by atoms with van der Waals surface area (Å²) >= 11 is 0. The Labute approximate surface area is 117 Å². The number of hydrogen-bond acceptors (Lipinski definition) is 4. The zero-order valence-electron chi connectivity index (χ0n) is 11.5. The number of nitrogens with one attached hydrogen (secondary N) is 2. The minimum Gasteiger partial charge on any atom is -0.347 e. The zero-order valence-corrected chi connectivity index (χ0v) is 11.5. The molecule has 0 aromatic carbocycles. The maximum atomic E-state index is 12.2. The van der Waals surface area contributed by atoms with Gasteiger partial charge in [-0.15, -0.1) is 10.2 Å². The largest absolute Gasteiger partial charge is 0.347 e. The summed E-state index contributed by atoms with van der Waals surface area (Å²) in [6.45, 7) is 3.42. The molecule has 0 saturated carbocycles. The molecule has 20 heavy (non-hydrogen) atoms. The molecule has 3 heterocycles. The second-order valence-corrected chi connectivity index (χ2v) is 5.31. The maximum absolute atomic E-state index is 12.2. The average Bonchev–Trinajstić information content (AvgIpc) is 2.88. The molecule has 6 nitrogen and oxygen atoms in total. The molecule has 106 valence electrons. The molecule has 0 radical (unpaired) electrons. The molecule has 2 aromatic rings. The number of piperidine rings is 1. The van der Waals surface area contributed by atoms with Crippen molar-refractivity contribution in [1.29, 1.82) is 0 Å². The minimum atomic E-state index is -0.0945. The van der Waals surface area contributed by atoms with Crippen LogP contribution in [0.3, 0.4) is 0 Å². The van der Waals surface area contributed by atoms with E-state index in [4.69, 9.17) is 0 Å². The van der Waals surface area contributed by atoms with Gasteiger partial charge in [0.05, 0.1) is 12.6 Å². The summed E-state index contributed by atoms with van der Waals surface area (Å²) < 4.78 is 1.89. The van der Waals surface area contributed by atoms with Gasteiger partial charge in [-0.25, -0.2) is 0 Å². The lowest BCUT2D eigenvalue weighted by Crippen LogP contribution is -2.50. The topological polar surface area (TPSA) is 71.3 Å². The Hall–Kier alpha value is -1.95. The number of amides is 1. The molecule has 1 aliphatic heterocycles. The van der Waals surface area contributed by atoms with Crippen molar-refractivity contribution in [1.82, 2.24) is 25.2 Å². The number of aromatic nitrogens is 3. The van der Waals surface area contributed by atoms with Crippen LogP contribution in [0.15, 0.2) is 24.4 Å². The van der Waals surface area contributed by atoms with E-state index in [0.29, 0.717) is 12.5 Å². The Morgan fingerprint density at radius 1 is 1.50 bits per heavy atom. The van der Waals surface area contributed by atoms with Crippen LogP contribution in [0.25, 0.3) is 5.65 Å². The fraction of sp³-hybridized carbons (Fsp3) is 0.500. The van der Waals surface area contributed by atoms with Gasteiger partial charge in [0.1, 0.15) is 0 Å². The monoisotopic (exact) mass is 273 g/mol. The molecule has 1 saturated heterocycles. The first-order chi connectivity index (χ1) is 9.75. The summed E-state index contributed by atoms with van der Waals surface area (Å²) in [7, 11) is 0. The van der Waals surface area contributed by atoms with Crippen LogP contribution in [0, 0.1) is 5.92 Å². The highest BCUT2D eigenvalue weighted by Crippen LogP contribution is 2.15. The molecular weight excluding hydrogens is 254 g/mol. The third-order valence-corrected chi connectivity index (χ3v) is 3.86. The van der Waals surface area contributed by atoms with Crippen LogP contribution in [0.1, 0.15) is 25.6 Å². The van der Waals surface area contributed by atoms with Gasteiger partial charge in [-0.2, -0.15) is 0 Å². The first kappa shape index (κ1) is 13.1. The summed E-state index contributed by atoms with van der Waals surface area (Å²) in [6, 6.07) is 5.64. The van der Waals surface area contributed by atoms with Gasteiger partial charge >= 0.3 is 0 Å². The van der Waals surface area contributed by atoms with Crippen molar-refractivity contribution in [3.8, 4) is 0 Å². The average molecular weight is 273 g/mol. The number of carbonyl (C=O) groups is 1. The van der Waals surface area contributed by atoms with Crippen molar-refractivity contribution in [2.45, 2.75) is 32.4 Å².